The fourth-order valence-corrected chi connectivity index (χ4v) is 3.79. The molecule has 6 nitrogen and oxygen atoms in total. The molecule has 2 saturated heterocycles. The first-order valence-corrected chi connectivity index (χ1v) is 8.61. The van der Waals surface area contributed by atoms with E-state index in [1.165, 1.54) is 0 Å². The highest BCUT2D eigenvalue weighted by atomic mass is 16.5. The summed E-state index contributed by atoms with van der Waals surface area (Å²) in [5.74, 6) is 0.0407. The third-order valence-electron chi connectivity index (χ3n) is 5.24. The zero-order valence-corrected chi connectivity index (χ0v) is 14.0. The summed E-state index contributed by atoms with van der Waals surface area (Å²) in [6.07, 6.45) is 2.71. The molecule has 2 aliphatic rings. The van der Waals surface area contributed by atoms with Crippen LogP contribution in [0.4, 0.5) is 0 Å². The Labute approximate surface area is 141 Å². The first kappa shape index (κ1) is 15.6. The molecule has 3 heterocycles. The van der Waals surface area contributed by atoms with E-state index in [0.717, 1.165) is 49.9 Å². The van der Waals surface area contributed by atoms with E-state index in [1.807, 2.05) is 36.2 Å². The molecule has 1 spiro atoms. The number of aromatic nitrogens is 2. The van der Waals surface area contributed by atoms with Crippen LogP contribution in [0.3, 0.4) is 0 Å². The number of ether oxygens (including phenoxy) is 2. The van der Waals surface area contributed by atoms with Gasteiger partial charge in [-0.1, -0.05) is 18.2 Å². The molecule has 2 aliphatic heterocycles. The number of amides is 1. The van der Waals surface area contributed by atoms with Crippen molar-refractivity contribution < 1.29 is 14.3 Å². The standard InChI is InChI=1S/C18H23N3O3/c1-20-16(14-4-2-3-5-15(14)19-20)17(22)21-9-6-18(24-13-10-21)7-11-23-12-8-18/h2-5H,6-13H2,1H3. The molecule has 0 bridgehead atoms. The smallest absolute Gasteiger partial charge is 0.272 e. The lowest BCUT2D eigenvalue weighted by Gasteiger charge is -2.35. The molecule has 0 atom stereocenters. The SMILES string of the molecule is Cn1nc2ccccc2c1C(=O)N1CCOC2(CCOCC2)CC1. The van der Waals surface area contributed by atoms with E-state index in [-0.39, 0.29) is 11.5 Å². The summed E-state index contributed by atoms with van der Waals surface area (Å²) in [5.41, 5.74) is 1.41. The van der Waals surface area contributed by atoms with Gasteiger partial charge in [-0.2, -0.15) is 5.10 Å². The van der Waals surface area contributed by atoms with E-state index in [1.54, 1.807) is 4.68 Å². The van der Waals surface area contributed by atoms with Crippen LogP contribution in [0.15, 0.2) is 24.3 Å². The molecule has 24 heavy (non-hydrogen) atoms. The molecule has 128 valence electrons. The van der Waals surface area contributed by atoms with Crippen molar-refractivity contribution in [1.29, 1.82) is 0 Å². The Hall–Kier alpha value is -1.92. The number of carbonyl (C=O) groups is 1. The maximum absolute atomic E-state index is 13.1. The Morgan fingerprint density at radius 2 is 1.92 bits per heavy atom. The Morgan fingerprint density at radius 1 is 1.12 bits per heavy atom. The fourth-order valence-electron chi connectivity index (χ4n) is 3.79. The van der Waals surface area contributed by atoms with Crippen LogP contribution in [0.2, 0.25) is 0 Å². The highest BCUT2D eigenvalue weighted by Crippen LogP contribution is 2.31. The average molecular weight is 329 g/mol. The van der Waals surface area contributed by atoms with E-state index >= 15 is 0 Å². The summed E-state index contributed by atoms with van der Waals surface area (Å²) in [5, 5.41) is 5.37. The average Bonchev–Trinajstić information content (AvgIpc) is 2.80. The lowest BCUT2D eigenvalue weighted by Crippen LogP contribution is -2.40. The minimum atomic E-state index is -0.109. The van der Waals surface area contributed by atoms with Gasteiger partial charge in [0.1, 0.15) is 5.69 Å². The normalized spacial score (nSPS) is 21.1. The predicted molar refractivity (Wildman–Crippen MR) is 90.0 cm³/mol. The molecular weight excluding hydrogens is 306 g/mol. The van der Waals surface area contributed by atoms with Crippen LogP contribution in [0.5, 0.6) is 0 Å². The fraction of sp³-hybridized carbons (Fsp3) is 0.556. The van der Waals surface area contributed by atoms with Gasteiger partial charge in [0, 0.05) is 38.7 Å². The third kappa shape index (κ3) is 2.70. The number of benzene rings is 1. The molecule has 0 aliphatic carbocycles. The second kappa shape index (κ2) is 6.18. The first-order chi connectivity index (χ1) is 11.7. The van der Waals surface area contributed by atoms with E-state index < -0.39 is 0 Å². The third-order valence-corrected chi connectivity index (χ3v) is 5.24. The molecule has 0 N–H and O–H groups in total. The van der Waals surface area contributed by atoms with Gasteiger partial charge in [-0.15, -0.1) is 0 Å². The maximum atomic E-state index is 13.1. The van der Waals surface area contributed by atoms with Gasteiger partial charge in [-0.05, 0) is 25.3 Å². The van der Waals surface area contributed by atoms with Crippen molar-refractivity contribution in [3.8, 4) is 0 Å². The zero-order chi connectivity index (χ0) is 16.6. The Morgan fingerprint density at radius 3 is 2.75 bits per heavy atom. The molecule has 2 aromatic rings. The van der Waals surface area contributed by atoms with Crippen molar-refractivity contribution in [2.75, 3.05) is 32.9 Å². The summed E-state index contributed by atoms with van der Waals surface area (Å²) < 4.78 is 13.3. The van der Waals surface area contributed by atoms with E-state index in [2.05, 4.69) is 5.10 Å². The summed E-state index contributed by atoms with van der Waals surface area (Å²) in [6.45, 7) is 3.43. The van der Waals surface area contributed by atoms with E-state index in [9.17, 15) is 4.79 Å². The number of hydrogen-bond acceptors (Lipinski definition) is 4. The molecule has 1 aromatic heterocycles. The van der Waals surface area contributed by atoms with Crippen LogP contribution < -0.4 is 0 Å². The second-order valence-electron chi connectivity index (χ2n) is 6.68. The quantitative estimate of drug-likeness (QED) is 0.803. The summed E-state index contributed by atoms with van der Waals surface area (Å²) in [7, 11) is 1.83. The lowest BCUT2D eigenvalue weighted by molar-refractivity contribution is -0.105. The largest absolute Gasteiger partial charge is 0.381 e. The molecule has 6 heteroatoms. The van der Waals surface area contributed by atoms with Gasteiger partial charge >= 0.3 is 0 Å². The molecule has 0 saturated carbocycles. The Kier molecular flexibility index (Phi) is 4.02. The van der Waals surface area contributed by atoms with Crippen LogP contribution in [0, 0.1) is 0 Å². The molecule has 2 fully saturated rings. The monoisotopic (exact) mass is 329 g/mol. The number of rotatable bonds is 1. The van der Waals surface area contributed by atoms with Crippen LogP contribution in [0.25, 0.3) is 10.9 Å². The highest BCUT2D eigenvalue weighted by Gasteiger charge is 2.37. The topological polar surface area (TPSA) is 56.6 Å². The number of nitrogens with zero attached hydrogens (tertiary/aromatic N) is 3. The highest BCUT2D eigenvalue weighted by molar-refractivity contribution is 6.05. The van der Waals surface area contributed by atoms with Crippen molar-refractivity contribution in [2.45, 2.75) is 24.9 Å². The molecule has 0 unspecified atom stereocenters. The van der Waals surface area contributed by atoms with Crippen LogP contribution in [-0.2, 0) is 16.5 Å². The van der Waals surface area contributed by atoms with Gasteiger partial charge in [0.25, 0.3) is 5.91 Å². The lowest BCUT2D eigenvalue weighted by atomic mass is 9.90. The summed E-state index contributed by atoms with van der Waals surface area (Å²) >= 11 is 0. The van der Waals surface area contributed by atoms with Crippen molar-refractivity contribution in [3.05, 3.63) is 30.0 Å². The summed E-state index contributed by atoms with van der Waals surface area (Å²) in [6, 6.07) is 7.79. The van der Waals surface area contributed by atoms with Gasteiger partial charge in [-0.25, -0.2) is 0 Å². The van der Waals surface area contributed by atoms with Gasteiger partial charge in [0.2, 0.25) is 0 Å². The molecule has 1 aromatic carbocycles. The maximum Gasteiger partial charge on any atom is 0.272 e. The van der Waals surface area contributed by atoms with Crippen molar-refractivity contribution in [2.24, 2.45) is 7.05 Å². The van der Waals surface area contributed by atoms with Crippen molar-refractivity contribution >= 4 is 16.8 Å². The Bertz CT molecular complexity index is 749. The van der Waals surface area contributed by atoms with Gasteiger partial charge in [-0.3, -0.25) is 9.48 Å². The van der Waals surface area contributed by atoms with Crippen molar-refractivity contribution in [3.63, 3.8) is 0 Å². The minimum Gasteiger partial charge on any atom is -0.381 e. The van der Waals surface area contributed by atoms with Crippen LogP contribution in [-0.4, -0.2) is 59.1 Å². The predicted octanol–water partition coefficient (Wildman–Crippen LogP) is 1.98. The number of carbonyl (C=O) groups excluding carboxylic acids is 1. The second-order valence-corrected chi connectivity index (χ2v) is 6.68. The number of aryl methyl sites for hydroxylation is 1. The number of hydrogen-bond donors (Lipinski definition) is 0. The Balaban J connectivity index is 1.57. The molecular formula is C18H23N3O3. The minimum absolute atomic E-state index is 0.0407. The van der Waals surface area contributed by atoms with E-state index in [0.29, 0.717) is 18.8 Å². The molecule has 1 amide bonds. The summed E-state index contributed by atoms with van der Waals surface area (Å²) in [4.78, 5) is 15.0. The van der Waals surface area contributed by atoms with Crippen molar-refractivity contribution in [1.82, 2.24) is 14.7 Å². The van der Waals surface area contributed by atoms with Gasteiger partial charge < -0.3 is 14.4 Å². The molecule has 4 rings (SSSR count). The van der Waals surface area contributed by atoms with E-state index in [4.69, 9.17) is 9.47 Å². The van der Waals surface area contributed by atoms with Crippen LogP contribution in [0.1, 0.15) is 29.8 Å². The zero-order valence-electron chi connectivity index (χ0n) is 14.0. The van der Waals surface area contributed by atoms with Gasteiger partial charge in [0.05, 0.1) is 17.7 Å². The number of fused-ring (bicyclic) bond motifs is 1. The molecule has 0 radical (unpaired) electrons. The van der Waals surface area contributed by atoms with Crippen LogP contribution >= 0.6 is 0 Å². The first-order valence-electron chi connectivity index (χ1n) is 8.61. The van der Waals surface area contributed by atoms with Gasteiger partial charge in [0.15, 0.2) is 0 Å².